The first-order valence-corrected chi connectivity index (χ1v) is 11.8. The molecule has 1 atom stereocenters. The van der Waals surface area contributed by atoms with Crippen LogP contribution in [0.1, 0.15) is 61.5 Å². The van der Waals surface area contributed by atoms with Crippen molar-refractivity contribution in [3.63, 3.8) is 0 Å². The van der Waals surface area contributed by atoms with Crippen molar-refractivity contribution in [2.24, 2.45) is 7.05 Å². The average molecular weight is 446 g/mol. The number of aryl methyl sites for hydroxylation is 1. The summed E-state index contributed by atoms with van der Waals surface area (Å²) in [5.74, 6) is -0.0286. The van der Waals surface area contributed by atoms with Crippen LogP contribution in [-0.4, -0.2) is 39.2 Å². The normalized spacial score (nSPS) is 24.6. The molecule has 2 amide bonds. The van der Waals surface area contributed by atoms with E-state index < -0.39 is 5.60 Å². The molecule has 0 unspecified atom stereocenters. The van der Waals surface area contributed by atoms with E-state index in [0.717, 1.165) is 42.1 Å². The number of carbonyl (C=O) groups is 2. The van der Waals surface area contributed by atoms with Crippen LogP contribution in [0, 0.1) is 0 Å². The summed E-state index contributed by atoms with van der Waals surface area (Å²) < 4.78 is 7.78. The highest BCUT2D eigenvalue weighted by Crippen LogP contribution is 2.44. The first-order valence-electron chi connectivity index (χ1n) is 11.8. The number of benzene rings is 2. The van der Waals surface area contributed by atoms with Crippen molar-refractivity contribution < 1.29 is 14.3 Å². The molecule has 33 heavy (non-hydrogen) atoms. The molecule has 2 fully saturated rings. The summed E-state index contributed by atoms with van der Waals surface area (Å²) in [7, 11) is 1.96. The van der Waals surface area contributed by atoms with Gasteiger partial charge in [0.2, 0.25) is 0 Å². The van der Waals surface area contributed by atoms with Crippen LogP contribution in [0.2, 0.25) is 0 Å². The molecule has 0 radical (unpaired) electrons. The Hall–Kier alpha value is -3.28. The first kappa shape index (κ1) is 21.6. The number of nitrogens with one attached hydrogen (secondary N) is 1. The van der Waals surface area contributed by atoms with Crippen molar-refractivity contribution in [2.75, 3.05) is 0 Å². The van der Waals surface area contributed by atoms with Crippen LogP contribution in [0.4, 0.5) is 4.79 Å². The molecular weight excluding hydrogens is 414 g/mol. The van der Waals surface area contributed by atoms with E-state index in [1.807, 2.05) is 79.0 Å². The smallest absolute Gasteiger partial charge is 0.411 e. The minimum Gasteiger partial charge on any atom is -0.441 e. The molecule has 1 aliphatic heterocycles. The van der Waals surface area contributed by atoms with Gasteiger partial charge >= 0.3 is 6.09 Å². The van der Waals surface area contributed by atoms with Crippen LogP contribution < -0.4 is 5.32 Å². The molecule has 2 heterocycles. The number of ether oxygens (including phenoxy) is 1. The van der Waals surface area contributed by atoms with Gasteiger partial charge in [0, 0.05) is 36.2 Å². The van der Waals surface area contributed by atoms with E-state index >= 15 is 0 Å². The predicted molar refractivity (Wildman–Crippen MR) is 128 cm³/mol. The Balaban J connectivity index is 1.28. The van der Waals surface area contributed by atoms with Crippen molar-refractivity contribution >= 4 is 22.9 Å². The summed E-state index contributed by atoms with van der Waals surface area (Å²) in [5, 5.41) is 4.21. The Bertz CT molecular complexity index is 1180. The molecule has 1 saturated carbocycles. The Kier molecular flexibility index (Phi) is 5.39. The zero-order chi connectivity index (χ0) is 23.2. The lowest BCUT2D eigenvalue weighted by Crippen LogP contribution is -2.46. The van der Waals surface area contributed by atoms with Crippen molar-refractivity contribution in [1.82, 2.24) is 14.8 Å². The molecule has 0 spiro atoms. The predicted octanol–water partition coefficient (Wildman–Crippen LogP) is 5.19. The molecule has 2 aliphatic rings. The maximum atomic E-state index is 13.0. The molecule has 6 heteroatoms. The van der Waals surface area contributed by atoms with Crippen LogP contribution in [0.3, 0.4) is 0 Å². The summed E-state index contributed by atoms with van der Waals surface area (Å²) in [4.78, 5) is 27.9. The number of nitrogens with zero attached hydrogens (tertiary/aromatic N) is 2. The number of para-hydroxylation sites is 1. The largest absolute Gasteiger partial charge is 0.441 e. The van der Waals surface area contributed by atoms with Crippen molar-refractivity contribution in [3.05, 3.63) is 71.9 Å². The van der Waals surface area contributed by atoms with E-state index in [2.05, 4.69) is 17.4 Å². The minimum absolute atomic E-state index is 0.0286. The van der Waals surface area contributed by atoms with Crippen LogP contribution in [-0.2, 0) is 11.8 Å². The van der Waals surface area contributed by atoms with E-state index in [1.165, 1.54) is 0 Å². The Morgan fingerprint density at radius 1 is 1.00 bits per heavy atom. The summed E-state index contributed by atoms with van der Waals surface area (Å²) >= 11 is 0. The second-order valence-electron chi connectivity index (χ2n) is 9.84. The number of fused-ring (bicyclic) bond motifs is 1. The molecule has 1 aliphatic carbocycles. The van der Waals surface area contributed by atoms with Gasteiger partial charge in [-0.2, -0.15) is 0 Å². The number of carbonyl (C=O) groups excluding carboxylic acids is 2. The number of amides is 2. The van der Waals surface area contributed by atoms with Crippen LogP contribution in [0.25, 0.3) is 10.9 Å². The number of hydrogen-bond acceptors (Lipinski definition) is 3. The van der Waals surface area contributed by atoms with E-state index in [9.17, 15) is 9.59 Å². The van der Waals surface area contributed by atoms with Gasteiger partial charge in [0.1, 0.15) is 5.60 Å². The number of cyclic esters (lactones) is 1. The third-order valence-corrected chi connectivity index (χ3v) is 7.18. The van der Waals surface area contributed by atoms with Gasteiger partial charge in [-0.25, -0.2) is 4.79 Å². The first-order chi connectivity index (χ1) is 15.8. The zero-order valence-electron chi connectivity index (χ0n) is 19.5. The summed E-state index contributed by atoms with van der Waals surface area (Å²) in [6.45, 7) is 3.97. The Morgan fingerprint density at radius 3 is 2.39 bits per heavy atom. The van der Waals surface area contributed by atoms with E-state index in [0.29, 0.717) is 5.56 Å². The quantitative estimate of drug-likeness (QED) is 0.601. The molecule has 3 aromatic rings. The SMILES string of the molecule is Cn1cc(C(=O)NC2CCC(N3C(=O)OC(C)(C)[C@H]3c3ccccc3)CC2)c2ccccc21. The van der Waals surface area contributed by atoms with Gasteiger partial charge in [0.05, 0.1) is 11.6 Å². The van der Waals surface area contributed by atoms with Crippen molar-refractivity contribution in [3.8, 4) is 0 Å². The van der Waals surface area contributed by atoms with Crippen molar-refractivity contribution in [2.45, 2.75) is 63.3 Å². The van der Waals surface area contributed by atoms with Gasteiger partial charge in [0.25, 0.3) is 5.91 Å². The summed E-state index contributed by atoms with van der Waals surface area (Å²) in [6.07, 6.45) is 5.03. The lowest BCUT2D eigenvalue weighted by Gasteiger charge is -2.38. The molecule has 5 rings (SSSR count). The fraction of sp³-hybridized carbons (Fsp3) is 0.407. The molecule has 1 saturated heterocycles. The minimum atomic E-state index is -0.585. The average Bonchev–Trinajstić information content (AvgIpc) is 3.27. The standard InChI is InChI=1S/C27H31N3O3/c1-27(2)24(18-9-5-4-6-10-18)30(26(32)33-27)20-15-13-19(14-16-20)28-25(31)22-17-29(3)23-12-8-7-11-21(22)23/h4-12,17,19-20,24H,13-16H2,1-3H3,(H,28,31)/t19?,20?,24-/m1/s1. The second-order valence-corrected chi connectivity index (χ2v) is 9.84. The second kappa shape index (κ2) is 8.25. The van der Waals surface area contributed by atoms with E-state index in [1.54, 1.807) is 0 Å². The highest BCUT2D eigenvalue weighted by Gasteiger charge is 2.51. The molecule has 2 aromatic carbocycles. The monoisotopic (exact) mass is 445 g/mol. The van der Waals surface area contributed by atoms with Gasteiger partial charge in [-0.3, -0.25) is 9.69 Å². The van der Waals surface area contributed by atoms with Crippen LogP contribution in [0.5, 0.6) is 0 Å². The van der Waals surface area contributed by atoms with Gasteiger partial charge in [-0.1, -0.05) is 48.5 Å². The lowest BCUT2D eigenvalue weighted by atomic mass is 9.86. The maximum Gasteiger partial charge on any atom is 0.411 e. The van der Waals surface area contributed by atoms with Crippen LogP contribution in [0.15, 0.2) is 60.8 Å². The van der Waals surface area contributed by atoms with Gasteiger partial charge in [0.15, 0.2) is 0 Å². The molecule has 6 nitrogen and oxygen atoms in total. The number of rotatable bonds is 4. The molecule has 1 N–H and O–H groups in total. The fourth-order valence-corrected chi connectivity index (χ4v) is 5.62. The lowest BCUT2D eigenvalue weighted by molar-refractivity contribution is 0.0663. The Morgan fingerprint density at radius 2 is 1.67 bits per heavy atom. The Labute approximate surface area is 194 Å². The third-order valence-electron chi connectivity index (χ3n) is 7.18. The highest BCUT2D eigenvalue weighted by molar-refractivity contribution is 6.07. The molecule has 1 aromatic heterocycles. The fourth-order valence-electron chi connectivity index (χ4n) is 5.62. The summed E-state index contributed by atoms with van der Waals surface area (Å²) in [5.41, 5.74) is 2.27. The molecular formula is C27H31N3O3. The maximum absolute atomic E-state index is 13.0. The summed E-state index contributed by atoms with van der Waals surface area (Å²) in [6, 6.07) is 18.2. The highest BCUT2D eigenvalue weighted by atomic mass is 16.6. The molecule has 172 valence electrons. The van der Waals surface area contributed by atoms with Gasteiger partial charge in [-0.15, -0.1) is 0 Å². The van der Waals surface area contributed by atoms with Crippen LogP contribution >= 0.6 is 0 Å². The zero-order valence-corrected chi connectivity index (χ0v) is 19.5. The van der Waals surface area contributed by atoms with Gasteiger partial charge < -0.3 is 14.6 Å². The van der Waals surface area contributed by atoms with E-state index in [4.69, 9.17) is 4.74 Å². The molecule has 0 bridgehead atoms. The topological polar surface area (TPSA) is 63.6 Å². The number of hydrogen-bond donors (Lipinski definition) is 1. The number of aromatic nitrogens is 1. The third kappa shape index (κ3) is 3.88. The van der Waals surface area contributed by atoms with Gasteiger partial charge in [-0.05, 0) is 51.2 Å². The van der Waals surface area contributed by atoms with E-state index in [-0.39, 0.29) is 30.1 Å². The van der Waals surface area contributed by atoms with Crippen molar-refractivity contribution in [1.29, 1.82) is 0 Å².